The fourth-order valence-corrected chi connectivity index (χ4v) is 2.86. The first-order valence-corrected chi connectivity index (χ1v) is 8.88. The molecule has 0 spiro atoms. The predicted octanol–water partition coefficient (Wildman–Crippen LogP) is 1.82. The number of carboxylic acids is 1. The summed E-state index contributed by atoms with van der Waals surface area (Å²) in [6.07, 6.45) is 0.859. The van der Waals surface area contributed by atoms with E-state index in [-0.39, 0.29) is 23.8 Å². The molecule has 1 aromatic carbocycles. The highest BCUT2D eigenvalue weighted by molar-refractivity contribution is 5.97. The molecular weight excluding hydrogens is 336 g/mol. The molecule has 0 saturated heterocycles. The van der Waals surface area contributed by atoms with E-state index < -0.39 is 17.9 Å². The molecule has 1 unspecified atom stereocenters. The van der Waals surface area contributed by atoms with E-state index in [0.717, 1.165) is 0 Å². The van der Waals surface area contributed by atoms with E-state index in [4.69, 9.17) is 9.84 Å². The molecule has 142 valence electrons. The second-order valence-corrected chi connectivity index (χ2v) is 6.86. The molecule has 0 aliphatic heterocycles. The lowest BCUT2D eigenvalue weighted by Gasteiger charge is -2.34. The molecule has 0 bridgehead atoms. The number of nitrogens with one attached hydrogen (secondary N) is 2. The Kier molecular flexibility index (Phi) is 6.60. The first-order chi connectivity index (χ1) is 12.3. The monoisotopic (exact) mass is 362 g/mol. The van der Waals surface area contributed by atoms with Gasteiger partial charge in [0.15, 0.2) is 0 Å². The van der Waals surface area contributed by atoms with E-state index >= 15 is 0 Å². The average Bonchev–Trinajstić information content (AvgIpc) is 2.55. The molecule has 3 N–H and O–H groups in total. The molecule has 1 aliphatic rings. The van der Waals surface area contributed by atoms with Gasteiger partial charge in [-0.15, -0.1) is 0 Å². The fraction of sp³-hybridized carbons (Fsp3) is 0.526. The van der Waals surface area contributed by atoms with Crippen molar-refractivity contribution in [1.82, 2.24) is 10.6 Å². The zero-order valence-electron chi connectivity index (χ0n) is 15.3. The normalized spacial score (nSPS) is 20.0. The summed E-state index contributed by atoms with van der Waals surface area (Å²) in [6.45, 7) is 6.13. The van der Waals surface area contributed by atoms with Crippen LogP contribution >= 0.6 is 0 Å². The van der Waals surface area contributed by atoms with Gasteiger partial charge in [0.05, 0.1) is 12.5 Å². The molecule has 1 aliphatic carbocycles. The molecule has 1 atom stereocenters. The summed E-state index contributed by atoms with van der Waals surface area (Å²) in [5.41, 5.74) is 0.446. The van der Waals surface area contributed by atoms with E-state index in [9.17, 15) is 14.4 Å². The van der Waals surface area contributed by atoms with Crippen molar-refractivity contribution < 1.29 is 24.2 Å². The molecule has 7 heteroatoms. The summed E-state index contributed by atoms with van der Waals surface area (Å²) in [6, 6.07) is 5.90. The third-order valence-corrected chi connectivity index (χ3v) is 4.50. The van der Waals surface area contributed by atoms with Gasteiger partial charge in [0, 0.05) is 11.6 Å². The SMILES string of the molecule is CCOc1ccc(C(=O)NC(C(=O)NC2CC(C(=O)O)C2)C(C)C)cc1. The maximum atomic E-state index is 12.5. The highest BCUT2D eigenvalue weighted by Crippen LogP contribution is 2.27. The molecule has 0 radical (unpaired) electrons. The summed E-state index contributed by atoms with van der Waals surface area (Å²) in [5.74, 6) is -1.26. The Balaban J connectivity index is 1.93. The summed E-state index contributed by atoms with van der Waals surface area (Å²) >= 11 is 0. The molecule has 0 heterocycles. The number of hydrogen-bond acceptors (Lipinski definition) is 4. The van der Waals surface area contributed by atoms with Gasteiger partial charge in [-0.3, -0.25) is 14.4 Å². The van der Waals surface area contributed by atoms with Crippen LogP contribution in [0.2, 0.25) is 0 Å². The number of carbonyl (C=O) groups excluding carboxylic acids is 2. The van der Waals surface area contributed by atoms with Gasteiger partial charge in [0.1, 0.15) is 11.8 Å². The second-order valence-electron chi connectivity index (χ2n) is 6.86. The third kappa shape index (κ3) is 4.97. The molecule has 1 fully saturated rings. The molecule has 7 nitrogen and oxygen atoms in total. The number of benzene rings is 1. The number of carboxylic acid groups (broad SMARTS) is 1. The van der Waals surface area contributed by atoms with Crippen LogP contribution in [0.25, 0.3) is 0 Å². The number of hydrogen-bond donors (Lipinski definition) is 3. The first-order valence-electron chi connectivity index (χ1n) is 8.88. The average molecular weight is 362 g/mol. The van der Waals surface area contributed by atoms with Gasteiger partial charge >= 0.3 is 5.97 Å². The van der Waals surface area contributed by atoms with Crippen molar-refractivity contribution >= 4 is 17.8 Å². The Morgan fingerprint density at radius 2 is 1.81 bits per heavy atom. The highest BCUT2D eigenvalue weighted by Gasteiger charge is 2.37. The van der Waals surface area contributed by atoms with Crippen LogP contribution in [0.5, 0.6) is 5.75 Å². The van der Waals surface area contributed by atoms with Gasteiger partial charge in [-0.1, -0.05) is 13.8 Å². The van der Waals surface area contributed by atoms with Gasteiger partial charge in [-0.25, -0.2) is 0 Å². The third-order valence-electron chi connectivity index (χ3n) is 4.50. The lowest BCUT2D eigenvalue weighted by atomic mass is 9.80. The molecule has 2 amide bonds. The highest BCUT2D eigenvalue weighted by atomic mass is 16.5. The minimum absolute atomic E-state index is 0.100. The van der Waals surface area contributed by atoms with Crippen molar-refractivity contribution in [2.24, 2.45) is 11.8 Å². The summed E-state index contributed by atoms with van der Waals surface area (Å²) in [7, 11) is 0. The Morgan fingerprint density at radius 1 is 1.19 bits per heavy atom. The van der Waals surface area contributed by atoms with Crippen LogP contribution in [0.4, 0.5) is 0 Å². The number of rotatable bonds is 8. The van der Waals surface area contributed by atoms with E-state index in [1.165, 1.54) is 0 Å². The zero-order chi connectivity index (χ0) is 19.3. The summed E-state index contributed by atoms with van der Waals surface area (Å²) in [5, 5.41) is 14.5. The van der Waals surface area contributed by atoms with E-state index in [0.29, 0.717) is 30.8 Å². The van der Waals surface area contributed by atoms with E-state index in [1.54, 1.807) is 24.3 Å². The number of amides is 2. The maximum Gasteiger partial charge on any atom is 0.306 e. The Labute approximate surface area is 153 Å². The Bertz CT molecular complexity index is 650. The summed E-state index contributed by atoms with van der Waals surface area (Å²) in [4.78, 5) is 35.8. The van der Waals surface area contributed by atoms with Gasteiger partial charge < -0.3 is 20.5 Å². The van der Waals surface area contributed by atoms with Crippen LogP contribution in [0, 0.1) is 11.8 Å². The molecule has 26 heavy (non-hydrogen) atoms. The van der Waals surface area contributed by atoms with Crippen LogP contribution in [-0.4, -0.2) is 41.6 Å². The second kappa shape index (κ2) is 8.69. The fourth-order valence-electron chi connectivity index (χ4n) is 2.86. The largest absolute Gasteiger partial charge is 0.494 e. The first kappa shape index (κ1) is 19.8. The maximum absolute atomic E-state index is 12.5. The van der Waals surface area contributed by atoms with Crippen LogP contribution in [0.15, 0.2) is 24.3 Å². The Hall–Kier alpha value is -2.57. The van der Waals surface area contributed by atoms with Crippen molar-refractivity contribution in [2.45, 2.75) is 45.7 Å². The van der Waals surface area contributed by atoms with Crippen LogP contribution in [0.1, 0.15) is 44.0 Å². The molecule has 1 saturated carbocycles. The van der Waals surface area contributed by atoms with E-state index in [1.807, 2.05) is 20.8 Å². The topological polar surface area (TPSA) is 105 Å². The Morgan fingerprint density at radius 3 is 2.31 bits per heavy atom. The number of carbonyl (C=O) groups is 3. The molecular formula is C19H26N2O5. The van der Waals surface area contributed by atoms with Crippen molar-refractivity contribution in [2.75, 3.05) is 6.61 Å². The standard InChI is InChI=1S/C19H26N2O5/c1-4-26-15-7-5-12(6-8-15)17(22)21-16(11(2)3)18(23)20-14-9-13(10-14)19(24)25/h5-8,11,13-14,16H,4,9-10H2,1-3H3,(H,20,23)(H,21,22)(H,24,25). The predicted molar refractivity (Wildman–Crippen MR) is 96.0 cm³/mol. The zero-order valence-corrected chi connectivity index (χ0v) is 15.3. The van der Waals surface area contributed by atoms with Gasteiger partial charge in [0.2, 0.25) is 5.91 Å². The minimum Gasteiger partial charge on any atom is -0.494 e. The van der Waals surface area contributed by atoms with Crippen LogP contribution in [-0.2, 0) is 9.59 Å². The van der Waals surface area contributed by atoms with Gasteiger partial charge in [-0.05, 0) is 49.9 Å². The van der Waals surface area contributed by atoms with Crippen molar-refractivity contribution in [3.05, 3.63) is 29.8 Å². The lowest BCUT2D eigenvalue weighted by molar-refractivity contribution is -0.146. The number of ether oxygens (including phenoxy) is 1. The molecule has 0 aromatic heterocycles. The smallest absolute Gasteiger partial charge is 0.306 e. The lowest BCUT2D eigenvalue weighted by Crippen LogP contribution is -2.55. The minimum atomic E-state index is -0.834. The van der Waals surface area contributed by atoms with E-state index in [2.05, 4.69) is 10.6 Å². The van der Waals surface area contributed by atoms with Gasteiger partial charge in [0.25, 0.3) is 5.91 Å². The molecule has 2 rings (SSSR count). The number of aliphatic carboxylic acids is 1. The van der Waals surface area contributed by atoms with Crippen molar-refractivity contribution in [3.63, 3.8) is 0 Å². The van der Waals surface area contributed by atoms with Gasteiger partial charge in [-0.2, -0.15) is 0 Å². The van der Waals surface area contributed by atoms with Crippen LogP contribution in [0.3, 0.4) is 0 Å². The van der Waals surface area contributed by atoms with Crippen molar-refractivity contribution in [1.29, 1.82) is 0 Å². The van der Waals surface area contributed by atoms with Crippen molar-refractivity contribution in [3.8, 4) is 5.75 Å². The molecule has 1 aromatic rings. The quantitative estimate of drug-likeness (QED) is 0.654. The summed E-state index contributed by atoms with van der Waals surface area (Å²) < 4.78 is 5.35. The van der Waals surface area contributed by atoms with Crippen LogP contribution < -0.4 is 15.4 Å².